The van der Waals surface area contributed by atoms with Gasteiger partial charge >= 0.3 is 0 Å². The Morgan fingerprint density at radius 2 is 2.22 bits per heavy atom. The zero-order valence-electron chi connectivity index (χ0n) is 9.34. The molecule has 96 valence electrons. The first kappa shape index (κ1) is 13.3. The van der Waals surface area contributed by atoms with E-state index < -0.39 is 10.0 Å². The van der Waals surface area contributed by atoms with Gasteiger partial charge in [0.15, 0.2) is 0 Å². The molecule has 0 saturated heterocycles. The van der Waals surface area contributed by atoms with Crippen LogP contribution in [0.15, 0.2) is 38.5 Å². The van der Waals surface area contributed by atoms with Crippen LogP contribution in [0.2, 0.25) is 0 Å². The summed E-state index contributed by atoms with van der Waals surface area (Å²) in [4.78, 5) is 4.12. The summed E-state index contributed by atoms with van der Waals surface area (Å²) in [6.45, 7) is 0. The van der Waals surface area contributed by atoms with Crippen molar-refractivity contribution in [1.82, 2.24) is 4.98 Å². The van der Waals surface area contributed by atoms with Gasteiger partial charge in [-0.1, -0.05) is 0 Å². The number of pyridine rings is 1. The van der Waals surface area contributed by atoms with Crippen LogP contribution in [0.3, 0.4) is 0 Å². The molecule has 0 aliphatic heterocycles. The van der Waals surface area contributed by atoms with E-state index in [1.54, 1.807) is 23.9 Å². The number of hydrogen-bond donors (Lipinski definition) is 2. The Labute approximate surface area is 117 Å². The third-order valence-corrected chi connectivity index (χ3v) is 4.63. The predicted molar refractivity (Wildman–Crippen MR) is 76.6 cm³/mol. The van der Waals surface area contributed by atoms with E-state index in [4.69, 9.17) is 0 Å². The highest BCUT2D eigenvalue weighted by atomic mass is 79.9. The number of nitrogens with one attached hydrogen (secondary N) is 2. The molecule has 8 heteroatoms. The summed E-state index contributed by atoms with van der Waals surface area (Å²) in [5.74, 6) is 0.306. The fourth-order valence-corrected chi connectivity index (χ4v) is 3.73. The smallest absolute Gasteiger partial charge is 0.265 e. The van der Waals surface area contributed by atoms with Gasteiger partial charge in [-0.25, -0.2) is 13.4 Å². The van der Waals surface area contributed by atoms with Crippen molar-refractivity contribution in [3.05, 3.63) is 33.6 Å². The number of nitrogens with zero attached hydrogens (tertiary/aromatic N) is 1. The largest absolute Gasteiger partial charge is 0.372 e. The van der Waals surface area contributed by atoms with Crippen molar-refractivity contribution in [1.29, 1.82) is 0 Å². The Morgan fingerprint density at radius 3 is 2.83 bits per heavy atom. The van der Waals surface area contributed by atoms with E-state index in [1.165, 1.54) is 23.6 Å². The van der Waals surface area contributed by atoms with E-state index in [0.717, 1.165) is 0 Å². The summed E-state index contributed by atoms with van der Waals surface area (Å²) in [5.41, 5.74) is 0.544. The van der Waals surface area contributed by atoms with Crippen LogP contribution in [-0.2, 0) is 10.0 Å². The molecule has 0 spiro atoms. The summed E-state index contributed by atoms with van der Waals surface area (Å²) < 4.78 is 27.6. The topological polar surface area (TPSA) is 71.1 Å². The standard InChI is InChI=1S/C10H10BrN3O2S2/c1-12-10-9(4-7(11)5-13-10)18(15,16)14-8-2-3-17-6-8/h2-6,14H,1H3,(H,12,13). The molecule has 0 aliphatic carbocycles. The van der Waals surface area contributed by atoms with Crippen LogP contribution in [0.5, 0.6) is 0 Å². The average molecular weight is 348 g/mol. The Kier molecular flexibility index (Phi) is 3.88. The van der Waals surface area contributed by atoms with E-state index in [9.17, 15) is 8.42 Å². The fraction of sp³-hybridized carbons (Fsp3) is 0.100. The first-order valence-electron chi connectivity index (χ1n) is 4.91. The van der Waals surface area contributed by atoms with Gasteiger partial charge in [-0.05, 0) is 33.4 Å². The first-order chi connectivity index (χ1) is 8.53. The third kappa shape index (κ3) is 2.82. The summed E-state index contributed by atoms with van der Waals surface area (Å²) >= 11 is 4.64. The van der Waals surface area contributed by atoms with Crippen LogP contribution < -0.4 is 10.0 Å². The molecule has 2 aromatic rings. The molecule has 0 aliphatic rings. The summed E-state index contributed by atoms with van der Waals surface area (Å²) in [7, 11) is -2.02. The second kappa shape index (κ2) is 5.25. The van der Waals surface area contributed by atoms with Gasteiger partial charge in [0.25, 0.3) is 10.0 Å². The lowest BCUT2D eigenvalue weighted by atomic mass is 10.4. The minimum atomic E-state index is -3.65. The molecule has 5 nitrogen and oxygen atoms in total. The lowest BCUT2D eigenvalue weighted by molar-refractivity contribution is 0.601. The summed E-state index contributed by atoms with van der Waals surface area (Å²) in [6.07, 6.45) is 1.54. The van der Waals surface area contributed by atoms with Crippen molar-refractivity contribution >= 4 is 48.8 Å². The van der Waals surface area contributed by atoms with E-state index in [0.29, 0.717) is 16.0 Å². The van der Waals surface area contributed by atoms with Gasteiger partial charge in [0.05, 0.1) is 5.69 Å². The van der Waals surface area contributed by atoms with E-state index >= 15 is 0 Å². The maximum Gasteiger partial charge on any atom is 0.265 e. The van der Waals surface area contributed by atoms with Crippen LogP contribution in [-0.4, -0.2) is 20.4 Å². The fourth-order valence-electron chi connectivity index (χ4n) is 1.35. The quantitative estimate of drug-likeness (QED) is 0.891. The highest BCUT2D eigenvalue weighted by molar-refractivity contribution is 9.10. The van der Waals surface area contributed by atoms with Gasteiger partial charge in [0.2, 0.25) is 0 Å². The van der Waals surface area contributed by atoms with Crippen LogP contribution >= 0.6 is 27.3 Å². The molecular formula is C10H10BrN3O2S2. The number of halogens is 1. The first-order valence-corrected chi connectivity index (χ1v) is 8.13. The van der Waals surface area contributed by atoms with Gasteiger partial charge in [-0.2, -0.15) is 11.3 Å². The SMILES string of the molecule is CNc1ncc(Br)cc1S(=O)(=O)Nc1ccsc1. The Morgan fingerprint density at radius 1 is 1.44 bits per heavy atom. The van der Waals surface area contributed by atoms with Crippen molar-refractivity contribution in [3.63, 3.8) is 0 Å². The molecule has 2 aromatic heterocycles. The van der Waals surface area contributed by atoms with E-state index in [-0.39, 0.29) is 4.90 Å². The highest BCUT2D eigenvalue weighted by Crippen LogP contribution is 2.25. The minimum absolute atomic E-state index is 0.102. The number of aromatic nitrogens is 1. The highest BCUT2D eigenvalue weighted by Gasteiger charge is 2.20. The molecular weight excluding hydrogens is 338 g/mol. The Balaban J connectivity index is 2.43. The maximum absolute atomic E-state index is 12.2. The van der Waals surface area contributed by atoms with Gasteiger partial charge < -0.3 is 5.32 Å². The molecule has 18 heavy (non-hydrogen) atoms. The van der Waals surface area contributed by atoms with Gasteiger partial charge in [-0.3, -0.25) is 4.72 Å². The second-order valence-electron chi connectivity index (χ2n) is 3.37. The van der Waals surface area contributed by atoms with Gasteiger partial charge in [0.1, 0.15) is 10.7 Å². The number of sulfonamides is 1. The normalized spacial score (nSPS) is 11.2. The zero-order valence-corrected chi connectivity index (χ0v) is 12.6. The molecule has 0 amide bonds. The van der Waals surface area contributed by atoms with Crippen LogP contribution in [0.1, 0.15) is 0 Å². The molecule has 2 heterocycles. The van der Waals surface area contributed by atoms with Crippen molar-refractivity contribution in [2.45, 2.75) is 4.90 Å². The number of anilines is 2. The number of rotatable bonds is 4. The minimum Gasteiger partial charge on any atom is -0.372 e. The summed E-state index contributed by atoms with van der Waals surface area (Å²) in [6, 6.07) is 3.21. The number of hydrogen-bond acceptors (Lipinski definition) is 5. The number of thiophene rings is 1. The lowest BCUT2D eigenvalue weighted by Crippen LogP contribution is -2.15. The van der Waals surface area contributed by atoms with Crippen LogP contribution in [0, 0.1) is 0 Å². The van der Waals surface area contributed by atoms with Gasteiger partial charge in [-0.15, -0.1) is 0 Å². The predicted octanol–water partition coefficient (Wildman–Crippen LogP) is 2.75. The molecule has 2 N–H and O–H groups in total. The van der Waals surface area contributed by atoms with Crippen molar-refractivity contribution < 1.29 is 8.42 Å². The molecule has 0 saturated carbocycles. The molecule has 0 aromatic carbocycles. The van der Waals surface area contributed by atoms with Crippen molar-refractivity contribution in [3.8, 4) is 0 Å². The van der Waals surface area contributed by atoms with E-state index in [1.807, 2.05) is 0 Å². The molecule has 0 fully saturated rings. The Bertz CT molecular complexity index is 641. The monoisotopic (exact) mass is 347 g/mol. The van der Waals surface area contributed by atoms with Crippen LogP contribution in [0.25, 0.3) is 0 Å². The van der Waals surface area contributed by atoms with Crippen molar-refractivity contribution in [2.24, 2.45) is 0 Å². The van der Waals surface area contributed by atoms with Gasteiger partial charge in [0, 0.05) is 23.1 Å². The zero-order chi connectivity index (χ0) is 13.2. The summed E-state index contributed by atoms with van der Waals surface area (Å²) in [5, 5.41) is 6.29. The van der Waals surface area contributed by atoms with Crippen LogP contribution in [0.4, 0.5) is 11.5 Å². The molecule has 0 atom stereocenters. The molecule has 0 unspecified atom stereocenters. The molecule has 0 radical (unpaired) electrons. The van der Waals surface area contributed by atoms with Crippen molar-refractivity contribution in [2.75, 3.05) is 17.1 Å². The lowest BCUT2D eigenvalue weighted by Gasteiger charge is -2.10. The van der Waals surface area contributed by atoms with E-state index in [2.05, 4.69) is 31.0 Å². The Hall–Kier alpha value is -1.12. The maximum atomic E-state index is 12.2. The average Bonchev–Trinajstić information content (AvgIpc) is 2.81. The second-order valence-corrected chi connectivity index (χ2v) is 6.71. The molecule has 0 bridgehead atoms. The third-order valence-electron chi connectivity index (χ3n) is 2.12. The molecule has 2 rings (SSSR count).